The number of hydrogen-bond donors (Lipinski definition) is 1. The fraction of sp³-hybridized carbons (Fsp3) is 0.120. The van der Waals surface area contributed by atoms with Crippen molar-refractivity contribution < 1.29 is 4.79 Å². The van der Waals surface area contributed by atoms with Gasteiger partial charge in [0, 0.05) is 28.6 Å². The number of pyridine rings is 2. The molecule has 0 atom stereocenters. The number of amides is 1. The van der Waals surface area contributed by atoms with Crippen LogP contribution in [0.5, 0.6) is 0 Å². The van der Waals surface area contributed by atoms with Gasteiger partial charge in [0.25, 0.3) is 0 Å². The molecule has 5 rings (SSSR count). The van der Waals surface area contributed by atoms with Crippen LogP contribution in [0.1, 0.15) is 24.0 Å². The highest BCUT2D eigenvalue weighted by molar-refractivity contribution is 6.30. The Morgan fingerprint density at radius 1 is 0.968 bits per heavy atom. The van der Waals surface area contributed by atoms with Gasteiger partial charge in [0.05, 0.1) is 5.71 Å². The van der Waals surface area contributed by atoms with Crippen LogP contribution in [0.25, 0.3) is 10.8 Å². The van der Waals surface area contributed by atoms with Crippen molar-refractivity contribution in [3.63, 3.8) is 0 Å². The van der Waals surface area contributed by atoms with Gasteiger partial charge in [-0.2, -0.15) is 0 Å². The Morgan fingerprint density at radius 3 is 2.23 bits per heavy atom. The number of fused-ring (bicyclic) bond motifs is 1. The number of halogens is 1. The SMILES string of the molecule is O=C(Nc1cc2cc(Cl)nc(N=C(c3ccccc3)c3ccccc3)c2cn1)C1CC1. The van der Waals surface area contributed by atoms with Gasteiger partial charge in [0.1, 0.15) is 11.0 Å². The van der Waals surface area contributed by atoms with Gasteiger partial charge < -0.3 is 5.32 Å². The number of nitrogens with zero attached hydrogens (tertiary/aromatic N) is 3. The van der Waals surface area contributed by atoms with Gasteiger partial charge in [-0.1, -0.05) is 72.3 Å². The molecule has 31 heavy (non-hydrogen) atoms. The van der Waals surface area contributed by atoms with E-state index in [9.17, 15) is 4.79 Å². The Balaban J connectivity index is 1.61. The lowest BCUT2D eigenvalue weighted by Crippen LogP contribution is -2.14. The zero-order valence-electron chi connectivity index (χ0n) is 16.6. The number of nitrogens with one attached hydrogen (secondary N) is 1. The van der Waals surface area contributed by atoms with Crippen molar-refractivity contribution in [1.82, 2.24) is 9.97 Å². The van der Waals surface area contributed by atoms with Crippen molar-refractivity contribution in [3.8, 4) is 0 Å². The Morgan fingerprint density at radius 2 is 1.61 bits per heavy atom. The molecule has 1 aliphatic rings. The molecule has 1 N–H and O–H groups in total. The van der Waals surface area contributed by atoms with E-state index in [2.05, 4.69) is 15.3 Å². The van der Waals surface area contributed by atoms with Crippen molar-refractivity contribution >= 4 is 45.6 Å². The zero-order valence-corrected chi connectivity index (χ0v) is 17.4. The Hall–Kier alpha value is -3.57. The van der Waals surface area contributed by atoms with E-state index in [0.29, 0.717) is 16.8 Å². The predicted octanol–water partition coefficient (Wildman–Crippen LogP) is 5.80. The molecule has 0 bridgehead atoms. The summed E-state index contributed by atoms with van der Waals surface area (Å²) >= 11 is 6.33. The molecule has 2 heterocycles. The Labute approximate surface area is 184 Å². The topological polar surface area (TPSA) is 67.2 Å². The van der Waals surface area contributed by atoms with Gasteiger partial charge in [-0.15, -0.1) is 0 Å². The van der Waals surface area contributed by atoms with Crippen LogP contribution < -0.4 is 5.32 Å². The van der Waals surface area contributed by atoms with Gasteiger partial charge in [-0.3, -0.25) is 4.79 Å². The Kier molecular flexibility index (Phi) is 5.18. The number of carbonyl (C=O) groups excluding carboxylic acids is 1. The molecule has 2 aromatic carbocycles. The number of rotatable bonds is 5. The molecule has 2 aromatic heterocycles. The second kappa shape index (κ2) is 8.28. The smallest absolute Gasteiger partial charge is 0.228 e. The molecule has 0 unspecified atom stereocenters. The van der Waals surface area contributed by atoms with Crippen LogP contribution in [0.4, 0.5) is 11.6 Å². The van der Waals surface area contributed by atoms with Crippen LogP contribution in [0.15, 0.2) is 84.0 Å². The van der Waals surface area contributed by atoms with Crippen LogP contribution in [0, 0.1) is 5.92 Å². The molecule has 152 valence electrons. The molecule has 0 aliphatic heterocycles. The van der Waals surface area contributed by atoms with Crippen molar-refractivity contribution in [3.05, 3.63) is 95.3 Å². The molecule has 1 aliphatic carbocycles. The normalized spacial score (nSPS) is 13.1. The quantitative estimate of drug-likeness (QED) is 0.324. The van der Waals surface area contributed by atoms with Crippen molar-refractivity contribution in [2.24, 2.45) is 10.9 Å². The predicted molar refractivity (Wildman–Crippen MR) is 124 cm³/mol. The van der Waals surface area contributed by atoms with Crippen LogP contribution in [0.3, 0.4) is 0 Å². The summed E-state index contributed by atoms with van der Waals surface area (Å²) in [6, 6.07) is 23.5. The van der Waals surface area contributed by atoms with Crippen LogP contribution in [-0.2, 0) is 4.79 Å². The lowest BCUT2D eigenvalue weighted by atomic mass is 10.0. The molecular weight excluding hydrogens is 408 g/mol. The zero-order chi connectivity index (χ0) is 21.2. The minimum absolute atomic E-state index is 0.0145. The minimum atomic E-state index is 0.0145. The number of aromatic nitrogens is 2. The summed E-state index contributed by atoms with van der Waals surface area (Å²) in [5, 5.41) is 4.79. The van der Waals surface area contributed by atoms with Gasteiger partial charge in [0.2, 0.25) is 5.91 Å². The van der Waals surface area contributed by atoms with Gasteiger partial charge in [0.15, 0.2) is 5.82 Å². The largest absolute Gasteiger partial charge is 0.310 e. The molecule has 1 saturated carbocycles. The summed E-state index contributed by atoms with van der Waals surface area (Å²) in [5.41, 5.74) is 2.75. The fourth-order valence-corrected chi connectivity index (χ4v) is 3.62. The molecule has 0 saturated heterocycles. The number of aliphatic imine (C=N–C) groups is 1. The molecule has 1 fully saturated rings. The summed E-state index contributed by atoms with van der Waals surface area (Å²) in [6.45, 7) is 0. The van der Waals surface area contributed by atoms with E-state index in [1.54, 1.807) is 12.3 Å². The van der Waals surface area contributed by atoms with E-state index >= 15 is 0 Å². The number of benzene rings is 2. The van der Waals surface area contributed by atoms with E-state index in [1.807, 2.05) is 66.7 Å². The second-order valence-electron chi connectivity index (χ2n) is 7.52. The van der Waals surface area contributed by atoms with Crippen LogP contribution in [-0.4, -0.2) is 21.6 Å². The maximum absolute atomic E-state index is 12.1. The summed E-state index contributed by atoms with van der Waals surface area (Å²) in [5.74, 6) is 1.12. The second-order valence-corrected chi connectivity index (χ2v) is 7.90. The highest BCUT2D eigenvalue weighted by Crippen LogP contribution is 2.32. The molecular formula is C25H19ClN4O. The summed E-state index contributed by atoms with van der Waals surface area (Å²) in [7, 11) is 0. The van der Waals surface area contributed by atoms with E-state index in [0.717, 1.165) is 40.5 Å². The maximum atomic E-state index is 12.1. The Bertz CT molecular complexity index is 1240. The van der Waals surface area contributed by atoms with E-state index in [1.165, 1.54) is 0 Å². The summed E-state index contributed by atoms with van der Waals surface area (Å²) in [4.78, 5) is 25.9. The first-order valence-corrected chi connectivity index (χ1v) is 10.5. The molecule has 0 radical (unpaired) electrons. The highest BCUT2D eigenvalue weighted by Gasteiger charge is 2.29. The van der Waals surface area contributed by atoms with E-state index in [4.69, 9.17) is 16.6 Å². The maximum Gasteiger partial charge on any atom is 0.228 e. The van der Waals surface area contributed by atoms with E-state index < -0.39 is 0 Å². The molecule has 0 spiro atoms. The van der Waals surface area contributed by atoms with Crippen LogP contribution >= 0.6 is 11.6 Å². The third-order valence-corrected chi connectivity index (χ3v) is 5.37. The number of hydrogen-bond acceptors (Lipinski definition) is 4. The van der Waals surface area contributed by atoms with Gasteiger partial charge >= 0.3 is 0 Å². The summed E-state index contributed by atoms with van der Waals surface area (Å²) < 4.78 is 0. The average Bonchev–Trinajstić information content (AvgIpc) is 3.64. The highest BCUT2D eigenvalue weighted by atomic mass is 35.5. The third kappa shape index (κ3) is 4.32. The van der Waals surface area contributed by atoms with Crippen molar-refractivity contribution in [2.45, 2.75) is 12.8 Å². The lowest BCUT2D eigenvalue weighted by molar-refractivity contribution is -0.117. The molecule has 4 aromatic rings. The first kappa shape index (κ1) is 19.4. The monoisotopic (exact) mass is 426 g/mol. The third-order valence-electron chi connectivity index (χ3n) is 5.18. The summed E-state index contributed by atoms with van der Waals surface area (Å²) in [6.07, 6.45) is 3.57. The number of carbonyl (C=O) groups is 1. The number of anilines is 1. The average molecular weight is 427 g/mol. The fourth-order valence-electron chi connectivity index (χ4n) is 3.42. The van der Waals surface area contributed by atoms with E-state index in [-0.39, 0.29) is 11.8 Å². The van der Waals surface area contributed by atoms with Crippen molar-refractivity contribution in [2.75, 3.05) is 5.32 Å². The molecule has 1 amide bonds. The first-order chi connectivity index (χ1) is 15.2. The standard InChI is InChI=1S/C25H19ClN4O/c26-21-13-19-14-22(29-25(31)18-11-12-18)27-15-20(19)24(28-21)30-23(16-7-3-1-4-8-16)17-9-5-2-6-10-17/h1-10,13-15,18H,11-12H2,(H,27,29,31). The van der Waals surface area contributed by atoms with Crippen LogP contribution in [0.2, 0.25) is 5.15 Å². The molecule has 5 nitrogen and oxygen atoms in total. The van der Waals surface area contributed by atoms with Crippen molar-refractivity contribution in [1.29, 1.82) is 0 Å². The lowest BCUT2D eigenvalue weighted by Gasteiger charge is -2.10. The van der Waals surface area contributed by atoms with Gasteiger partial charge in [-0.05, 0) is 30.4 Å². The minimum Gasteiger partial charge on any atom is -0.310 e. The first-order valence-electron chi connectivity index (χ1n) is 10.1. The van der Waals surface area contributed by atoms with Gasteiger partial charge in [-0.25, -0.2) is 15.0 Å². The molecule has 6 heteroatoms.